The largest absolute Gasteiger partial charge is 0.342 e. The molecule has 0 atom stereocenters. The van der Waals surface area contributed by atoms with Crippen molar-refractivity contribution in [2.75, 3.05) is 13.1 Å². The average molecular weight is 231 g/mol. The molecule has 17 heavy (non-hydrogen) atoms. The van der Waals surface area contributed by atoms with E-state index in [-0.39, 0.29) is 18.1 Å². The number of carbonyl (C=O) groups excluding carboxylic acids is 2. The first-order chi connectivity index (χ1) is 8.27. The van der Waals surface area contributed by atoms with Crippen molar-refractivity contribution in [1.82, 2.24) is 4.90 Å². The molecule has 0 bridgehead atoms. The van der Waals surface area contributed by atoms with Gasteiger partial charge in [0.25, 0.3) is 0 Å². The molecule has 0 spiro atoms. The van der Waals surface area contributed by atoms with Gasteiger partial charge in [-0.05, 0) is 19.3 Å². The molecule has 3 nitrogen and oxygen atoms in total. The van der Waals surface area contributed by atoms with Gasteiger partial charge >= 0.3 is 0 Å². The smallest absolute Gasteiger partial charge is 0.230 e. The SMILES string of the molecule is O=C(CC(=O)N1CCCCC1)c1ccccc1. The topological polar surface area (TPSA) is 37.4 Å². The van der Waals surface area contributed by atoms with Crippen LogP contribution in [0.25, 0.3) is 0 Å². The number of piperidine rings is 1. The van der Waals surface area contributed by atoms with Gasteiger partial charge in [0.2, 0.25) is 5.91 Å². The fourth-order valence-electron chi connectivity index (χ4n) is 2.12. The molecule has 1 aliphatic heterocycles. The monoisotopic (exact) mass is 231 g/mol. The third-order valence-electron chi connectivity index (χ3n) is 3.12. The number of Topliss-reactive ketones (excluding diaryl/α,β-unsaturated/α-hetero) is 1. The maximum Gasteiger partial charge on any atom is 0.230 e. The van der Waals surface area contributed by atoms with E-state index in [1.54, 1.807) is 12.1 Å². The maximum absolute atomic E-state index is 11.9. The second-order valence-corrected chi connectivity index (χ2v) is 4.41. The summed E-state index contributed by atoms with van der Waals surface area (Å²) in [6.07, 6.45) is 3.32. The summed E-state index contributed by atoms with van der Waals surface area (Å²) in [5, 5.41) is 0. The molecule has 1 aromatic carbocycles. The number of nitrogens with zero attached hydrogens (tertiary/aromatic N) is 1. The highest BCUT2D eigenvalue weighted by Gasteiger charge is 2.19. The highest BCUT2D eigenvalue weighted by molar-refractivity contribution is 6.07. The second-order valence-electron chi connectivity index (χ2n) is 4.41. The minimum atomic E-state index is -0.0822. The third-order valence-corrected chi connectivity index (χ3v) is 3.12. The molecule has 0 N–H and O–H groups in total. The molecule has 3 heteroatoms. The highest BCUT2D eigenvalue weighted by Crippen LogP contribution is 2.11. The lowest BCUT2D eigenvalue weighted by molar-refractivity contribution is -0.131. The number of benzene rings is 1. The molecule has 0 radical (unpaired) electrons. The Balaban J connectivity index is 1.92. The molecule has 2 rings (SSSR count). The predicted molar refractivity (Wildman–Crippen MR) is 65.8 cm³/mol. The summed E-state index contributed by atoms with van der Waals surface area (Å²) in [5.41, 5.74) is 0.623. The van der Waals surface area contributed by atoms with Crippen LogP contribution in [0.2, 0.25) is 0 Å². The van der Waals surface area contributed by atoms with Crippen LogP contribution in [-0.4, -0.2) is 29.7 Å². The standard InChI is InChI=1S/C14H17NO2/c16-13(12-7-3-1-4-8-12)11-14(17)15-9-5-2-6-10-15/h1,3-4,7-8H,2,5-6,9-11H2. The van der Waals surface area contributed by atoms with Crippen LogP contribution in [0.15, 0.2) is 30.3 Å². The Kier molecular flexibility index (Phi) is 3.91. The fourth-order valence-corrected chi connectivity index (χ4v) is 2.12. The Morgan fingerprint density at radius 1 is 1.00 bits per heavy atom. The lowest BCUT2D eigenvalue weighted by Gasteiger charge is -2.26. The van der Waals surface area contributed by atoms with Crippen molar-refractivity contribution < 1.29 is 9.59 Å². The molecule has 1 fully saturated rings. The van der Waals surface area contributed by atoms with E-state index < -0.39 is 0 Å². The maximum atomic E-state index is 11.9. The molecule has 1 saturated heterocycles. The normalized spacial score (nSPS) is 15.6. The van der Waals surface area contributed by atoms with Crippen LogP contribution in [-0.2, 0) is 4.79 Å². The molecule has 0 unspecified atom stereocenters. The van der Waals surface area contributed by atoms with Crippen molar-refractivity contribution >= 4 is 11.7 Å². The van der Waals surface area contributed by atoms with Crippen LogP contribution in [0.1, 0.15) is 36.0 Å². The first-order valence-electron chi connectivity index (χ1n) is 6.13. The number of carbonyl (C=O) groups is 2. The average Bonchev–Trinajstić information content (AvgIpc) is 2.40. The van der Waals surface area contributed by atoms with Gasteiger partial charge in [-0.1, -0.05) is 30.3 Å². The number of hydrogen-bond acceptors (Lipinski definition) is 2. The van der Waals surface area contributed by atoms with Gasteiger partial charge in [-0.25, -0.2) is 0 Å². The van der Waals surface area contributed by atoms with Crippen molar-refractivity contribution in [3.8, 4) is 0 Å². The summed E-state index contributed by atoms with van der Waals surface area (Å²) in [6, 6.07) is 9.01. The molecule has 0 saturated carbocycles. The molecule has 1 heterocycles. The van der Waals surface area contributed by atoms with E-state index in [2.05, 4.69) is 0 Å². The predicted octanol–water partition coefficient (Wildman–Crippen LogP) is 2.27. The van der Waals surface area contributed by atoms with Gasteiger partial charge in [-0.15, -0.1) is 0 Å². The third kappa shape index (κ3) is 3.16. The van der Waals surface area contributed by atoms with Gasteiger partial charge in [0, 0.05) is 18.7 Å². The Labute approximate surface area is 101 Å². The number of likely N-dealkylation sites (tertiary alicyclic amines) is 1. The zero-order valence-corrected chi connectivity index (χ0v) is 9.89. The van der Waals surface area contributed by atoms with Crippen molar-refractivity contribution in [3.63, 3.8) is 0 Å². The quantitative estimate of drug-likeness (QED) is 0.591. The first kappa shape index (κ1) is 11.8. The molecule has 0 aromatic heterocycles. The van der Waals surface area contributed by atoms with E-state index in [4.69, 9.17) is 0 Å². The number of ketones is 1. The van der Waals surface area contributed by atoms with Crippen molar-refractivity contribution in [3.05, 3.63) is 35.9 Å². The van der Waals surface area contributed by atoms with Gasteiger partial charge < -0.3 is 4.90 Å². The molecular formula is C14H17NO2. The minimum Gasteiger partial charge on any atom is -0.342 e. The van der Waals surface area contributed by atoms with Crippen LogP contribution in [0.3, 0.4) is 0 Å². The van der Waals surface area contributed by atoms with Gasteiger partial charge in [0.05, 0.1) is 6.42 Å². The van der Waals surface area contributed by atoms with E-state index in [1.807, 2.05) is 23.1 Å². The molecule has 1 aromatic rings. The Hall–Kier alpha value is -1.64. The minimum absolute atomic E-state index is 0.00398. The zero-order valence-electron chi connectivity index (χ0n) is 9.89. The summed E-state index contributed by atoms with van der Waals surface area (Å²) in [6.45, 7) is 1.61. The molecule has 1 amide bonds. The Morgan fingerprint density at radius 2 is 1.65 bits per heavy atom. The van der Waals surface area contributed by atoms with Gasteiger partial charge in [-0.2, -0.15) is 0 Å². The fraction of sp³-hybridized carbons (Fsp3) is 0.429. The van der Waals surface area contributed by atoms with Crippen molar-refractivity contribution in [1.29, 1.82) is 0 Å². The molecule has 90 valence electrons. The van der Waals surface area contributed by atoms with Crippen LogP contribution < -0.4 is 0 Å². The van der Waals surface area contributed by atoms with E-state index in [0.717, 1.165) is 25.9 Å². The summed E-state index contributed by atoms with van der Waals surface area (Å²) in [5.74, 6) is -0.111. The van der Waals surface area contributed by atoms with Crippen LogP contribution in [0.4, 0.5) is 0 Å². The number of rotatable bonds is 3. The Bertz CT molecular complexity index is 394. The lowest BCUT2D eigenvalue weighted by Crippen LogP contribution is -2.36. The first-order valence-corrected chi connectivity index (χ1v) is 6.13. The molecule has 0 aliphatic carbocycles. The summed E-state index contributed by atoms with van der Waals surface area (Å²) >= 11 is 0. The van der Waals surface area contributed by atoms with Gasteiger partial charge in [-0.3, -0.25) is 9.59 Å². The summed E-state index contributed by atoms with van der Waals surface area (Å²) < 4.78 is 0. The van der Waals surface area contributed by atoms with Gasteiger partial charge in [0.1, 0.15) is 0 Å². The van der Waals surface area contributed by atoms with E-state index in [0.29, 0.717) is 5.56 Å². The molecular weight excluding hydrogens is 214 g/mol. The highest BCUT2D eigenvalue weighted by atomic mass is 16.2. The van der Waals surface area contributed by atoms with E-state index >= 15 is 0 Å². The zero-order chi connectivity index (χ0) is 12.1. The van der Waals surface area contributed by atoms with Crippen molar-refractivity contribution in [2.24, 2.45) is 0 Å². The summed E-state index contributed by atoms with van der Waals surface area (Å²) in [7, 11) is 0. The summed E-state index contributed by atoms with van der Waals surface area (Å²) in [4.78, 5) is 25.5. The number of hydrogen-bond donors (Lipinski definition) is 0. The van der Waals surface area contributed by atoms with Crippen molar-refractivity contribution in [2.45, 2.75) is 25.7 Å². The van der Waals surface area contributed by atoms with E-state index in [9.17, 15) is 9.59 Å². The second kappa shape index (κ2) is 5.62. The van der Waals surface area contributed by atoms with Gasteiger partial charge in [0.15, 0.2) is 5.78 Å². The number of amides is 1. The van der Waals surface area contributed by atoms with Crippen LogP contribution in [0, 0.1) is 0 Å². The molecule has 1 aliphatic rings. The van der Waals surface area contributed by atoms with E-state index in [1.165, 1.54) is 6.42 Å². The lowest BCUT2D eigenvalue weighted by atomic mass is 10.1. The van der Waals surface area contributed by atoms with Crippen LogP contribution in [0.5, 0.6) is 0 Å². The van der Waals surface area contributed by atoms with Crippen LogP contribution >= 0.6 is 0 Å². The Morgan fingerprint density at radius 3 is 2.29 bits per heavy atom.